The van der Waals surface area contributed by atoms with Crippen molar-refractivity contribution in [2.75, 3.05) is 32.8 Å². The minimum Gasteiger partial charge on any atom is -0.480 e. The Morgan fingerprint density at radius 1 is 1.24 bits per heavy atom. The number of morpholine rings is 1. The van der Waals surface area contributed by atoms with Gasteiger partial charge in [-0.1, -0.05) is 13.8 Å². The molecule has 138 valence electrons. The molecule has 9 heteroatoms. The van der Waals surface area contributed by atoms with Gasteiger partial charge >= 0.3 is 5.97 Å². The first-order chi connectivity index (χ1) is 11.8. The zero-order valence-corrected chi connectivity index (χ0v) is 15.0. The predicted octanol–water partition coefficient (Wildman–Crippen LogP) is 0.643. The number of carboxylic acids is 1. The monoisotopic (exact) mass is 370 g/mol. The Balaban J connectivity index is 2.24. The van der Waals surface area contributed by atoms with Gasteiger partial charge in [0.25, 0.3) is 5.91 Å². The number of sulfonamides is 1. The van der Waals surface area contributed by atoms with Gasteiger partial charge in [0.1, 0.15) is 0 Å². The number of hydrogen-bond donors (Lipinski definition) is 1. The maximum Gasteiger partial charge on any atom is 0.328 e. The fraction of sp³-hybridized carbons (Fsp3) is 0.500. The lowest BCUT2D eigenvalue weighted by molar-refractivity contribution is -0.147. The standard InChI is InChI=1S/C16H22N2O6S/c1-3-17(4-2)25(22,23)13-7-5-12(6-8-13)15(19)18-9-10-24-11-14(18)16(20)21/h5-8,14H,3-4,9-11H2,1-2H3,(H,20,21). The van der Waals surface area contributed by atoms with Gasteiger partial charge in [0.15, 0.2) is 6.04 Å². The topological polar surface area (TPSA) is 104 Å². The van der Waals surface area contributed by atoms with E-state index in [-0.39, 0.29) is 30.2 Å². The molecular weight excluding hydrogens is 348 g/mol. The lowest BCUT2D eigenvalue weighted by Gasteiger charge is -2.32. The number of rotatable bonds is 6. The third-order valence-corrected chi connectivity index (χ3v) is 6.18. The van der Waals surface area contributed by atoms with Crippen molar-refractivity contribution < 1.29 is 27.9 Å². The average Bonchev–Trinajstić information content (AvgIpc) is 2.62. The molecule has 1 aliphatic rings. The van der Waals surface area contributed by atoms with Gasteiger partial charge in [0.2, 0.25) is 10.0 Å². The summed E-state index contributed by atoms with van der Waals surface area (Å²) in [6.45, 7) is 4.60. The molecule has 1 fully saturated rings. The molecule has 1 aliphatic heterocycles. The van der Waals surface area contributed by atoms with Gasteiger partial charge in [-0.15, -0.1) is 0 Å². The molecule has 1 heterocycles. The van der Waals surface area contributed by atoms with Crippen molar-refractivity contribution in [3.63, 3.8) is 0 Å². The highest BCUT2D eigenvalue weighted by Crippen LogP contribution is 2.18. The van der Waals surface area contributed by atoms with Crippen LogP contribution in [-0.4, -0.2) is 73.5 Å². The van der Waals surface area contributed by atoms with Gasteiger partial charge in [0.05, 0.1) is 18.1 Å². The zero-order chi connectivity index (χ0) is 18.6. The van der Waals surface area contributed by atoms with Crippen LogP contribution in [0.1, 0.15) is 24.2 Å². The third-order valence-electron chi connectivity index (χ3n) is 4.12. The van der Waals surface area contributed by atoms with Gasteiger partial charge < -0.3 is 14.7 Å². The van der Waals surface area contributed by atoms with Crippen molar-refractivity contribution in [2.24, 2.45) is 0 Å². The van der Waals surface area contributed by atoms with Crippen molar-refractivity contribution >= 4 is 21.9 Å². The van der Waals surface area contributed by atoms with Gasteiger partial charge in [-0.05, 0) is 24.3 Å². The highest BCUT2D eigenvalue weighted by atomic mass is 32.2. The molecule has 1 aromatic carbocycles. The number of carbonyl (C=O) groups excluding carboxylic acids is 1. The number of benzene rings is 1. The van der Waals surface area contributed by atoms with E-state index in [0.717, 1.165) is 0 Å². The third kappa shape index (κ3) is 4.00. The summed E-state index contributed by atoms with van der Waals surface area (Å²) in [6.07, 6.45) is 0. The van der Waals surface area contributed by atoms with Gasteiger partial charge in [-0.3, -0.25) is 4.79 Å². The fourth-order valence-corrected chi connectivity index (χ4v) is 4.16. The number of hydrogen-bond acceptors (Lipinski definition) is 5. The van der Waals surface area contributed by atoms with E-state index in [9.17, 15) is 23.1 Å². The number of carbonyl (C=O) groups is 2. The normalized spacial score (nSPS) is 18.4. The Morgan fingerprint density at radius 3 is 2.36 bits per heavy atom. The van der Waals surface area contributed by atoms with Crippen molar-refractivity contribution in [3.05, 3.63) is 29.8 Å². The summed E-state index contributed by atoms with van der Waals surface area (Å²) in [7, 11) is -3.60. The van der Waals surface area contributed by atoms with Crippen molar-refractivity contribution in [3.8, 4) is 0 Å². The molecule has 1 amide bonds. The minimum absolute atomic E-state index is 0.0600. The molecule has 1 unspecified atom stereocenters. The molecule has 0 aliphatic carbocycles. The highest BCUT2D eigenvalue weighted by molar-refractivity contribution is 7.89. The van der Waals surface area contributed by atoms with Gasteiger partial charge in [-0.2, -0.15) is 4.31 Å². The van der Waals surface area contributed by atoms with Crippen LogP contribution in [0.3, 0.4) is 0 Å². The Bertz CT molecular complexity index is 727. The summed E-state index contributed by atoms with van der Waals surface area (Å²) >= 11 is 0. The molecule has 2 rings (SSSR count). The zero-order valence-electron chi connectivity index (χ0n) is 14.2. The number of aliphatic carboxylic acids is 1. The summed E-state index contributed by atoms with van der Waals surface area (Å²) in [5.74, 6) is -1.59. The summed E-state index contributed by atoms with van der Waals surface area (Å²) in [5, 5.41) is 9.21. The quantitative estimate of drug-likeness (QED) is 0.788. The largest absolute Gasteiger partial charge is 0.480 e. The Labute approximate surface area is 147 Å². The van der Waals surface area contributed by atoms with Crippen LogP contribution in [0.25, 0.3) is 0 Å². The van der Waals surface area contributed by atoms with Crippen LogP contribution in [0.2, 0.25) is 0 Å². The van der Waals surface area contributed by atoms with Crippen LogP contribution in [0.5, 0.6) is 0 Å². The first-order valence-corrected chi connectivity index (χ1v) is 9.48. The molecule has 0 bridgehead atoms. The number of nitrogens with zero attached hydrogens (tertiary/aromatic N) is 2. The van der Waals surface area contributed by atoms with E-state index < -0.39 is 27.9 Å². The molecule has 0 saturated carbocycles. The van der Waals surface area contributed by atoms with E-state index in [2.05, 4.69) is 0 Å². The second kappa shape index (κ2) is 7.94. The summed E-state index contributed by atoms with van der Waals surface area (Å²) in [5.41, 5.74) is 0.242. The van der Waals surface area contributed by atoms with E-state index >= 15 is 0 Å². The Hall–Kier alpha value is -1.97. The molecule has 1 saturated heterocycles. The molecule has 8 nitrogen and oxygen atoms in total. The maximum absolute atomic E-state index is 12.6. The first kappa shape index (κ1) is 19.4. The van der Waals surface area contributed by atoms with Crippen LogP contribution in [0, 0.1) is 0 Å². The summed E-state index contributed by atoms with van der Waals surface area (Å²) in [6, 6.07) is 4.52. The summed E-state index contributed by atoms with van der Waals surface area (Å²) < 4.78 is 31.4. The van der Waals surface area contributed by atoms with Crippen molar-refractivity contribution in [2.45, 2.75) is 24.8 Å². The molecule has 25 heavy (non-hydrogen) atoms. The molecule has 1 N–H and O–H groups in total. The smallest absolute Gasteiger partial charge is 0.328 e. The van der Waals surface area contributed by atoms with Gasteiger partial charge in [0, 0.05) is 25.2 Å². The number of ether oxygens (including phenoxy) is 1. The molecule has 0 spiro atoms. The fourth-order valence-electron chi connectivity index (χ4n) is 2.70. The average molecular weight is 370 g/mol. The SMILES string of the molecule is CCN(CC)S(=O)(=O)c1ccc(C(=O)N2CCOCC2C(=O)O)cc1. The van der Waals surface area contributed by atoms with Crippen LogP contribution < -0.4 is 0 Å². The second-order valence-electron chi connectivity index (χ2n) is 5.54. The molecule has 0 radical (unpaired) electrons. The second-order valence-corrected chi connectivity index (χ2v) is 7.48. The van der Waals surface area contributed by atoms with E-state index in [1.807, 2.05) is 0 Å². The van der Waals surface area contributed by atoms with E-state index in [4.69, 9.17) is 4.74 Å². The van der Waals surface area contributed by atoms with E-state index in [1.165, 1.54) is 33.5 Å². The number of carboxylic acid groups (broad SMARTS) is 1. The minimum atomic E-state index is -3.60. The van der Waals surface area contributed by atoms with Crippen LogP contribution in [0.4, 0.5) is 0 Å². The lowest BCUT2D eigenvalue weighted by Crippen LogP contribution is -2.52. The van der Waals surface area contributed by atoms with E-state index in [0.29, 0.717) is 13.1 Å². The Kier molecular flexibility index (Phi) is 6.15. The summed E-state index contributed by atoms with van der Waals surface area (Å²) in [4.78, 5) is 25.2. The maximum atomic E-state index is 12.6. The van der Waals surface area contributed by atoms with E-state index in [1.54, 1.807) is 13.8 Å². The van der Waals surface area contributed by atoms with Crippen LogP contribution in [0.15, 0.2) is 29.2 Å². The predicted molar refractivity (Wildman–Crippen MR) is 89.8 cm³/mol. The van der Waals surface area contributed by atoms with Crippen molar-refractivity contribution in [1.82, 2.24) is 9.21 Å². The van der Waals surface area contributed by atoms with Crippen LogP contribution >= 0.6 is 0 Å². The molecule has 0 aromatic heterocycles. The Morgan fingerprint density at radius 2 is 1.84 bits per heavy atom. The van der Waals surface area contributed by atoms with Gasteiger partial charge in [-0.25, -0.2) is 13.2 Å². The molecule has 1 aromatic rings. The molecule has 1 atom stereocenters. The van der Waals surface area contributed by atoms with Crippen LogP contribution in [-0.2, 0) is 19.6 Å². The first-order valence-electron chi connectivity index (χ1n) is 8.04. The number of amides is 1. The van der Waals surface area contributed by atoms with Crippen molar-refractivity contribution in [1.29, 1.82) is 0 Å². The molecular formula is C16H22N2O6S. The lowest BCUT2D eigenvalue weighted by atomic mass is 10.1. The highest BCUT2D eigenvalue weighted by Gasteiger charge is 2.33.